The minimum absolute atomic E-state index is 0.202. The number of aromatic amines is 2. The maximum Gasteiger partial charge on any atom is 0.323 e. The van der Waals surface area contributed by atoms with Crippen LogP contribution in [0.4, 0.5) is 5.69 Å². The molecule has 3 aromatic rings. The van der Waals surface area contributed by atoms with E-state index in [1.54, 1.807) is 0 Å². The first kappa shape index (κ1) is 12.9. The monoisotopic (exact) mass is 332 g/mol. The van der Waals surface area contributed by atoms with Gasteiger partial charge in [0.25, 0.3) is 0 Å². The molecule has 0 unspecified atom stereocenters. The number of nitrogens with one attached hydrogen (secondary N) is 3. The van der Waals surface area contributed by atoms with Crippen molar-refractivity contribution in [2.24, 2.45) is 0 Å². The van der Waals surface area contributed by atoms with Crippen molar-refractivity contribution in [3.63, 3.8) is 0 Å². The Morgan fingerprint density at radius 2 is 2.00 bits per heavy atom. The fraction of sp³-hybridized carbons (Fsp3) is 0.143. The number of benzene rings is 1. The molecular weight excluding hydrogens is 320 g/mol. The fourth-order valence-electron chi connectivity index (χ4n) is 1.99. The Bertz CT molecular complexity index is 804. The summed E-state index contributed by atoms with van der Waals surface area (Å²) in [5.74, 6) is 0. The minimum Gasteiger partial charge on any atom is -0.380 e. The Morgan fingerprint density at radius 3 is 2.70 bits per heavy atom. The number of H-pyrrole nitrogens is 2. The third kappa shape index (κ3) is 2.60. The van der Waals surface area contributed by atoms with Gasteiger partial charge in [0.1, 0.15) is 0 Å². The van der Waals surface area contributed by atoms with Gasteiger partial charge in [0, 0.05) is 22.9 Å². The van der Waals surface area contributed by atoms with Crippen molar-refractivity contribution in [3.8, 4) is 0 Å². The molecule has 6 heteroatoms. The van der Waals surface area contributed by atoms with Crippen molar-refractivity contribution in [2.75, 3.05) is 5.32 Å². The van der Waals surface area contributed by atoms with Gasteiger partial charge in [-0.05, 0) is 46.6 Å². The van der Waals surface area contributed by atoms with E-state index in [1.165, 1.54) is 0 Å². The first-order valence-corrected chi connectivity index (χ1v) is 6.98. The molecule has 20 heavy (non-hydrogen) atoms. The van der Waals surface area contributed by atoms with Crippen LogP contribution >= 0.6 is 15.9 Å². The summed E-state index contributed by atoms with van der Waals surface area (Å²) < 4.78 is 0.903. The number of rotatable bonds is 3. The maximum atomic E-state index is 11.3. The molecule has 0 aliphatic carbocycles. The van der Waals surface area contributed by atoms with E-state index < -0.39 is 0 Å². The van der Waals surface area contributed by atoms with Crippen molar-refractivity contribution < 1.29 is 0 Å². The highest BCUT2D eigenvalue weighted by molar-refractivity contribution is 9.10. The lowest BCUT2D eigenvalue weighted by Crippen LogP contribution is -2.01. The van der Waals surface area contributed by atoms with Crippen LogP contribution in [0.1, 0.15) is 11.3 Å². The van der Waals surface area contributed by atoms with Crippen LogP contribution in [0, 0.1) is 6.92 Å². The van der Waals surface area contributed by atoms with E-state index in [4.69, 9.17) is 0 Å². The van der Waals surface area contributed by atoms with E-state index in [2.05, 4.69) is 36.2 Å². The largest absolute Gasteiger partial charge is 0.380 e. The molecule has 0 aliphatic rings. The molecule has 5 nitrogen and oxygen atoms in total. The standard InChI is InChI=1S/C14H13BrN4O/c1-8-2-3-9(6-16-8)7-17-11-5-13-12(4-10(11)15)18-14(20)19-13/h2-6,17H,7H2,1H3,(H2,18,19,20). The van der Waals surface area contributed by atoms with Gasteiger partial charge < -0.3 is 15.3 Å². The second kappa shape index (κ2) is 5.13. The van der Waals surface area contributed by atoms with Crippen molar-refractivity contribution in [2.45, 2.75) is 13.5 Å². The number of anilines is 1. The lowest BCUT2D eigenvalue weighted by molar-refractivity contribution is 1.08. The predicted octanol–water partition coefficient (Wildman–Crippen LogP) is 2.93. The Hall–Kier alpha value is -2.08. The smallest absolute Gasteiger partial charge is 0.323 e. The van der Waals surface area contributed by atoms with Crippen LogP contribution in [-0.2, 0) is 6.54 Å². The first-order chi connectivity index (χ1) is 9.61. The zero-order chi connectivity index (χ0) is 14.1. The highest BCUT2D eigenvalue weighted by Crippen LogP contribution is 2.26. The molecule has 0 saturated carbocycles. The van der Waals surface area contributed by atoms with Gasteiger partial charge in [0.2, 0.25) is 0 Å². The average molecular weight is 333 g/mol. The van der Waals surface area contributed by atoms with Gasteiger partial charge >= 0.3 is 5.69 Å². The van der Waals surface area contributed by atoms with Crippen LogP contribution in [0.25, 0.3) is 11.0 Å². The molecule has 2 heterocycles. The van der Waals surface area contributed by atoms with Crippen LogP contribution in [0.15, 0.2) is 39.7 Å². The topological polar surface area (TPSA) is 73.6 Å². The van der Waals surface area contributed by atoms with Gasteiger partial charge in [-0.2, -0.15) is 0 Å². The molecule has 0 saturated heterocycles. The Morgan fingerprint density at radius 1 is 1.25 bits per heavy atom. The quantitative estimate of drug-likeness (QED) is 0.690. The zero-order valence-corrected chi connectivity index (χ0v) is 12.4. The summed E-state index contributed by atoms with van der Waals surface area (Å²) in [6.45, 7) is 2.63. The average Bonchev–Trinajstić information content (AvgIpc) is 2.77. The molecule has 3 rings (SSSR count). The van der Waals surface area contributed by atoms with Gasteiger partial charge in [-0.25, -0.2) is 4.79 Å². The highest BCUT2D eigenvalue weighted by atomic mass is 79.9. The number of imidazole rings is 1. The molecule has 3 N–H and O–H groups in total. The molecule has 0 aliphatic heterocycles. The van der Waals surface area contributed by atoms with Gasteiger partial charge in [-0.15, -0.1) is 0 Å². The second-order valence-corrected chi connectivity index (χ2v) is 5.47. The third-order valence-electron chi connectivity index (χ3n) is 3.06. The van der Waals surface area contributed by atoms with Crippen LogP contribution in [0.3, 0.4) is 0 Å². The maximum absolute atomic E-state index is 11.3. The summed E-state index contributed by atoms with van der Waals surface area (Å²) in [4.78, 5) is 21.0. The van der Waals surface area contributed by atoms with Gasteiger partial charge in [-0.3, -0.25) is 4.98 Å². The summed E-state index contributed by atoms with van der Waals surface area (Å²) in [7, 11) is 0. The lowest BCUT2D eigenvalue weighted by Gasteiger charge is -2.09. The van der Waals surface area contributed by atoms with Crippen LogP contribution < -0.4 is 11.0 Å². The van der Waals surface area contributed by atoms with Crippen LogP contribution in [0.2, 0.25) is 0 Å². The normalized spacial score (nSPS) is 10.9. The van der Waals surface area contributed by atoms with E-state index in [0.29, 0.717) is 6.54 Å². The van der Waals surface area contributed by atoms with E-state index in [-0.39, 0.29) is 5.69 Å². The molecule has 0 fully saturated rings. The molecular formula is C14H13BrN4O. The molecule has 0 bridgehead atoms. The summed E-state index contributed by atoms with van der Waals surface area (Å²) >= 11 is 3.50. The summed E-state index contributed by atoms with van der Waals surface area (Å²) in [5, 5.41) is 3.33. The van der Waals surface area contributed by atoms with E-state index in [1.807, 2.05) is 37.4 Å². The number of fused-ring (bicyclic) bond motifs is 1. The molecule has 2 aromatic heterocycles. The van der Waals surface area contributed by atoms with Crippen molar-refractivity contribution in [1.29, 1.82) is 0 Å². The Kier molecular flexibility index (Phi) is 3.31. The molecule has 0 amide bonds. The molecule has 0 radical (unpaired) electrons. The number of aryl methyl sites for hydroxylation is 1. The SMILES string of the molecule is Cc1ccc(CNc2cc3[nH]c(=O)[nH]c3cc2Br)cn1. The summed E-state index contributed by atoms with van der Waals surface area (Å²) in [6.07, 6.45) is 1.85. The molecule has 1 aromatic carbocycles. The minimum atomic E-state index is -0.202. The second-order valence-electron chi connectivity index (χ2n) is 4.62. The highest BCUT2D eigenvalue weighted by Gasteiger charge is 2.05. The molecule has 0 spiro atoms. The van der Waals surface area contributed by atoms with E-state index >= 15 is 0 Å². The zero-order valence-electron chi connectivity index (χ0n) is 10.8. The van der Waals surface area contributed by atoms with Crippen LogP contribution in [0.5, 0.6) is 0 Å². The first-order valence-electron chi connectivity index (χ1n) is 6.19. The predicted molar refractivity (Wildman–Crippen MR) is 82.9 cm³/mol. The summed E-state index contributed by atoms with van der Waals surface area (Å²) in [6, 6.07) is 7.81. The fourth-order valence-corrected chi connectivity index (χ4v) is 2.48. The Balaban J connectivity index is 1.84. The lowest BCUT2D eigenvalue weighted by atomic mass is 10.2. The van der Waals surface area contributed by atoms with E-state index in [0.717, 1.165) is 32.5 Å². The number of nitrogens with zero attached hydrogens (tertiary/aromatic N) is 1. The number of aromatic nitrogens is 3. The number of hydrogen-bond donors (Lipinski definition) is 3. The Labute approximate surface area is 123 Å². The van der Waals surface area contributed by atoms with E-state index in [9.17, 15) is 4.79 Å². The van der Waals surface area contributed by atoms with Crippen molar-refractivity contribution in [1.82, 2.24) is 15.0 Å². The third-order valence-corrected chi connectivity index (χ3v) is 3.72. The summed E-state index contributed by atoms with van der Waals surface area (Å²) in [5.41, 5.74) is 4.39. The van der Waals surface area contributed by atoms with Crippen LogP contribution in [-0.4, -0.2) is 15.0 Å². The van der Waals surface area contributed by atoms with Gasteiger partial charge in [-0.1, -0.05) is 6.07 Å². The number of pyridine rings is 1. The van der Waals surface area contributed by atoms with Crippen molar-refractivity contribution in [3.05, 3.63) is 56.7 Å². The number of halogens is 1. The number of hydrogen-bond acceptors (Lipinski definition) is 3. The van der Waals surface area contributed by atoms with Gasteiger partial charge in [0.05, 0.1) is 16.7 Å². The van der Waals surface area contributed by atoms with Crippen molar-refractivity contribution >= 4 is 32.7 Å². The molecule has 0 atom stereocenters. The van der Waals surface area contributed by atoms with Gasteiger partial charge in [0.15, 0.2) is 0 Å². The molecule has 102 valence electrons.